The summed E-state index contributed by atoms with van der Waals surface area (Å²) < 4.78 is 34.7. The zero-order valence-electron chi connectivity index (χ0n) is 12.5. The summed E-state index contributed by atoms with van der Waals surface area (Å²) in [4.78, 5) is 13.9. The largest absolute Gasteiger partial charge is 0.352 e. The van der Waals surface area contributed by atoms with Crippen molar-refractivity contribution in [3.8, 4) is 0 Å². The molecular weight excluding hydrogens is 308 g/mol. The maximum absolute atomic E-state index is 13.1. The first-order valence-corrected chi connectivity index (χ1v) is 8.77. The fraction of sp³-hybridized carbons (Fsp3) is 0.692. The Morgan fingerprint density at radius 3 is 2.86 bits per heavy atom. The van der Waals surface area contributed by atoms with E-state index < -0.39 is 21.8 Å². The quantitative estimate of drug-likeness (QED) is 0.728. The van der Waals surface area contributed by atoms with Gasteiger partial charge < -0.3 is 9.64 Å². The molecule has 3 aliphatic heterocycles. The van der Waals surface area contributed by atoms with Crippen LogP contribution in [0, 0.1) is 6.92 Å². The highest BCUT2D eigenvalue weighted by molar-refractivity contribution is 7.89. The van der Waals surface area contributed by atoms with E-state index in [4.69, 9.17) is 4.74 Å². The lowest BCUT2D eigenvalue weighted by Crippen LogP contribution is -2.48. The Kier molecular flexibility index (Phi) is 2.77. The number of hydrogen-bond donors (Lipinski definition) is 0. The molecule has 0 unspecified atom stereocenters. The molecule has 1 spiro atoms. The van der Waals surface area contributed by atoms with Crippen LogP contribution in [0.3, 0.4) is 0 Å². The van der Waals surface area contributed by atoms with Crippen molar-refractivity contribution in [1.82, 2.24) is 19.0 Å². The lowest BCUT2D eigenvalue weighted by molar-refractivity contribution is -0.136. The molecule has 0 aromatic carbocycles. The molecule has 22 heavy (non-hydrogen) atoms. The predicted molar refractivity (Wildman–Crippen MR) is 75.3 cm³/mol. The molecule has 4 rings (SSSR count). The molecule has 120 valence electrons. The molecule has 1 aromatic heterocycles. The molecule has 0 aliphatic carbocycles. The SMILES string of the molecule is Cc1cnn(C)c1S(=O)(=O)N1CC[C@@]23OCCN2C(=O)C[C@@H]13. The van der Waals surface area contributed by atoms with Crippen molar-refractivity contribution in [2.75, 3.05) is 19.7 Å². The highest BCUT2D eigenvalue weighted by Crippen LogP contribution is 2.47. The highest BCUT2D eigenvalue weighted by Gasteiger charge is 2.64. The number of sulfonamides is 1. The van der Waals surface area contributed by atoms with Crippen LogP contribution in [0.2, 0.25) is 0 Å². The van der Waals surface area contributed by atoms with Crippen molar-refractivity contribution < 1.29 is 17.9 Å². The summed E-state index contributed by atoms with van der Waals surface area (Å²) in [6.45, 7) is 3.11. The second kappa shape index (κ2) is 4.30. The normalized spacial score (nSPS) is 31.8. The molecule has 1 aromatic rings. The third kappa shape index (κ3) is 1.56. The van der Waals surface area contributed by atoms with Gasteiger partial charge in [0.1, 0.15) is 0 Å². The van der Waals surface area contributed by atoms with Crippen molar-refractivity contribution >= 4 is 15.9 Å². The van der Waals surface area contributed by atoms with Gasteiger partial charge in [-0.2, -0.15) is 9.40 Å². The fourth-order valence-electron chi connectivity index (χ4n) is 4.06. The number of carbonyl (C=O) groups is 1. The number of ether oxygens (including phenoxy) is 1. The molecule has 4 heterocycles. The predicted octanol–water partition coefficient (Wildman–Crippen LogP) is -0.550. The average Bonchev–Trinajstić information content (AvgIpc) is 3.14. The number of hydrogen-bond acceptors (Lipinski definition) is 5. The lowest BCUT2D eigenvalue weighted by Gasteiger charge is -2.31. The van der Waals surface area contributed by atoms with Crippen LogP contribution in [0.25, 0.3) is 0 Å². The minimum absolute atomic E-state index is 0.0240. The van der Waals surface area contributed by atoms with Gasteiger partial charge in [-0.15, -0.1) is 0 Å². The smallest absolute Gasteiger partial charge is 0.260 e. The molecule has 3 saturated heterocycles. The Bertz CT molecular complexity index is 739. The van der Waals surface area contributed by atoms with E-state index in [0.29, 0.717) is 31.7 Å². The van der Waals surface area contributed by atoms with Gasteiger partial charge in [-0.3, -0.25) is 9.48 Å². The molecule has 8 nitrogen and oxygen atoms in total. The minimum Gasteiger partial charge on any atom is -0.352 e. The van der Waals surface area contributed by atoms with Crippen molar-refractivity contribution in [2.24, 2.45) is 7.05 Å². The van der Waals surface area contributed by atoms with Crippen LogP contribution < -0.4 is 0 Å². The molecule has 0 saturated carbocycles. The van der Waals surface area contributed by atoms with Crippen LogP contribution >= 0.6 is 0 Å². The van der Waals surface area contributed by atoms with Gasteiger partial charge in [0.25, 0.3) is 10.0 Å². The van der Waals surface area contributed by atoms with Crippen LogP contribution in [0.15, 0.2) is 11.2 Å². The summed E-state index contributed by atoms with van der Waals surface area (Å²) in [5.41, 5.74) is -0.145. The number of amides is 1. The average molecular weight is 326 g/mol. The molecular formula is C13H18N4O4S. The molecule has 3 fully saturated rings. The number of nitrogens with zero attached hydrogens (tertiary/aromatic N) is 4. The van der Waals surface area contributed by atoms with E-state index >= 15 is 0 Å². The van der Waals surface area contributed by atoms with Crippen molar-refractivity contribution in [3.05, 3.63) is 11.8 Å². The van der Waals surface area contributed by atoms with Gasteiger partial charge in [0, 0.05) is 38.5 Å². The second-order valence-corrected chi connectivity index (χ2v) is 7.89. The van der Waals surface area contributed by atoms with Gasteiger partial charge in [-0.05, 0) is 6.92 Å². The zero-order valence-corrected chi connectivity index (χ0v) is 13.3. The lowest BCUT2D eigenvalue weighted by atomic mass is 10.1. The fourth-order valence-corrected chi connectivity index (χ4v) is 6.03. The summed E-state index contributed by atoms with van der Waals surface area (Å²) in [6, 6.07) is -0.443. The van der Waals surface area contributed by atoms with Crippen molar-refractivity contribution in [1.29, 1.82) is 0 Å². The summed E-state index contributed by atoms with van der Waals surface area (Å²) >= 11 is 0. The van der Waals surface area contributed by atoms with Crippen LogP contribution in [-0.2, 0) is 26.6 Å². The molecule has 2 atom stereocenters. The molecule has 0 radical (unpaired) electrons. The van der Waals surface area contributed by atoms with E-state index in [9.17, 15) is 13.2 Å². The van der Waals surface area contributed by atoms with Gasteiger partial charge in [0.15, 0.2) is 10.8 Å². The Morgan fingerprint density at radius 2 is 2.18 bits per heavy atom. The van der Waals surface area contributed by atoms with E-state index in [1.165, 1.54) is 15.2 Å². The van der Waals surface area contributed by atoms with E-state index in [1.54, 1.807) is 18.9 Å². The maximum Gasteiger partial charge on any atom is 0.260 e. The molecule has 1 amide bonds. The maximum atomic E-state index is 13.1. The number of carbonyl (C=O) groups excluding carboxylic acids is 1. The van der Waals surface area contributed by atoms with Crippen molar-refractivity contribution in [2.45, 2.75) is 36.6 Å². The monoisotopic (exact) mass is 326 g/mol. The standard InChI is InChI=1S/C13H18N4O4S/c1-9-8-14-15(2)12(9)22(19,20)17-4-3-13-10(17)7-11(18)16(13)5-6-21-13/h8,10H,3-7H2,1-2H3/t10-,13+/m1/s1. The molecule has 0 bridgehead atoms. The first kappa shape index (κ1) is 14.2. The van der Waals surface area contributed by atoms with Crippen molar-refractivity contribution in [3.63, 3.8) is 0 Å². The highest BCUT2D eigenvalue weighted by atomic mass is 32.2. The first-order valence-electron chi connectivity index (χ1n) is 7.33. The third-order valence-electron chi connectivity index (χ3n) is 4.96. The Morgan fingerprint density at radius 1 is 1.41 bits per heavy atom. The van der Waals surface area contributed by atoms with Gasteiger partial charge in [0.2, 0.25) is 5.91 Å². The summed E-state index contributed by atoms with van der Waals surface area (Å²) in [5, 5.41) is 4.21. The number of rotatable bonds is 2. The number of aryl methyl sites for hydroxylation is 2. The van der Waals surface area contributed by atoms with E-state index in [-0.39, 0.29) is 17.4 Å². The van der Waals surface area contributed by atoms with Crippen LogP contribution in [0.1, 0.15) is 18.4 Å². The Balaban J connectivity index is 1.77. The van der Waals surface area contributed by atoms with Crippen LogP contribution in [0.4, 0.5) is 0 Å². The third-order valence-corrected chi connectivity index (χ3v) is 7.09. The van der Waals surface area contributed by atoms with Crippen LogP contribution in [-0.4, -0.2) is 64.8 Å². The molecule has 0 N–H and O–H groups in total. The van der Waals surface area contributed by atoms with E-state index in [1.807, 2.05) is 0 Å². The van der Waals surface area contributed by atoms with Gasteiger partial charge in [-0.1, -0.05) is 0 Å². The van der Waals surface area contributed by atoms with Crippen LogP contribution in [0.5, 0.6) is 0 Å². The number of aromatic nitrogens is 2. The second-order valence-electron chi connectivity index (χ2n) is 6.08. The van der Waals surface area contributed by atoms with Gasteiger partial charge in [-0.25, -0.2) is 8.42 Å². The summed E-state index contributed by atoms with van der Waals surface area (Å²) in [5.74, 6) is -0.0240. The summed E-state index contributed by atoms with van der Waals surface area (Å²) in [6.07, 6.45) is 2.26. The Labute approximate surface area is 128 Å². The van der Waals surface area contributed by atoms with E-state index in [0.717, 1.165) is 0 Å². The van der Waals surface area contributed by atoms with Gasteiger partial charge in [0.05, 0.1) is 18.8 Å². The zero-order chi connectivity index (χ0) is 15.7. The Hall–Kier alpha value is -1.45. The minimum atomic E-state index is -3.70. The topological polar surface area (TPSA) is 84.7 Å². The first-order chi connectivity index (χ1) is 10.4. The molecule has 9 heteroatoms. The summed E-state index contributed by atoms with van der Waals surface area (Å²) in [7, 11) is -2.09. The van der Waals surface area contributed by atoms with Gasteiger partial charge >= 0.3 is 0 Å². The molecule has 3 aliphatic rings. The van der Waals surface area contributed by atoms with E-state index in [2.05, 4.69) is 5.10 Å².